The lowest BCUT2D eigenvalue weighted by molar-refractivity contribution is -0.441. The van der Waals surface area contributed by atoms with Crippen molar-refractivity contribution in [2.45, 2.75) is 144 Å². The molecule has 0 bridgehead atoms. The van der Waals surface area contributed by atoms with Crippen LogP contribution in [0.3, 0.4) is 0 Å². The Balaban J connectivity index is 1.72. The normalized spacial score (nSPS) is 13.5. The van der Waals surface area contributed by atoms with Crippen LogP contribution in [0.2, 0.25) is 0 Å². The lowest BCUT2D eigenvalue weighted by Gasteiger charge is -2.28. The van der Waals surface area contributed by atoms with Crippen LogP contribution in [0.15, 0.2) is 104 Å². The highest BCUT2D eigenvalue weighted by Crippen LogP contribution is 2.37. The van der Waals surface area contributed by atoms with Crippen LogP contribution in [-0.2, 0) is 70.3 Å². The number of carbonyl (C=O) groups excluding carboxylic acids is 2. The molecule has 0 fully saturated rings. The molecule has 0 radical (unpaired) electrons. The number of aryl methyl sites for hydroxylation is 2. The van der Waals surface area contributed by atoms with Crippen LogP contribution in [0.4, 0.5) is 11.4 Å². The Hall–Kier alpha value is -5.51. The summed E-state index contributed by atoms with van der Waals surface area (Å²) in [6, 6.07) is 8.80. The van der Waals surface area contributed by atoms with E-state index in [9.17, 15) is 87.4 Å². The average molecular weight is 1290 g/mol. The van der Waals surface area contributed by atoms with Gasteiger partial charge in [-0.15, -0.1) is 0 Å². The number of nitrogens with zero attached hydrogens (tertiary/aromatic N) is 2. The fourth-order valence-electron chi connectivity index (χ4n) is 9.40. The molecule has 84 heavy (non-hydrogen) atoms. The van der Waals surface area contributed by atoms with Gasteiger partial charge in [-0.25, -0.2) is 0 Å². The fraction of sp³-hybridized carbons (Fsp3) is 0.463. The molecule has 466 valence electrons. The molecule has 0 atom stereocenters. The Labute approximate surface area is 492 Å². The Kier molecular flexibility index (Phi) is 26.4. The monoisotopic (exact) mass is 1290 g/mol. The van der Waals surface area contributed by atoms with Gasteiger partial charge in [0.2, 0.25) is 17.5 Å². The molecule has 0 saturated heterocycles. The van der Waals surface area contributed by atoms with E-state index in [1.165, 1.54) is 41.9 Å². The molecule has 4 aromatic carbocycles. The van der Waals surface area contributed by atoms with Crippen LogP contribution in [-0.4, -0.2) is 138 Å². The summed E-state index contributed by atoms with van der Waals surface area (Å²) in [6.07, 6.45) is 16.0. The first kappa shape index (κ1) is 71.0. The molecule has 0 spiro atoms. The predicted molar refractivity (Wildman–Crippen MR) is 320 cm³/mol. The van der Waals surface area contributed by atoms with Crippen molar-refractivity contribution < 1.29 is 92.0 Å². The maximum atomic E-state index is 12.8. The molecule has 30 heteroatoms. The molecule has 24 nitrogen and oxygen atoms in total. The van der Waals surface area contributed by atoms with Crippen molar-refractivity contribution in [1.29, 1.82) is 0 Å². The number of unbranched alkanes of at least 4 members (excludes halogenated alkanes) is 7. The molecule has 0 aliphatic heterocycles. The smallest absolute Gasteiger partial charge is 0.295 e. The molecule has 0 aromatic heterocycles. The summed E-state index contributed by atoms with van der Waals surface area (Å²) in [7, 11) is -29.2. The van der Waals surface area contributed by atoms with Gasteiger partial charge in [0, 0.05) is 85.2 Å². The number of benzene rings is 4. The zero-order chi connectivity index (χ0) is 62.8. The van der Waals surface area contributed by atoms with E-state index < -0.39 is 91.8 Å². The van der Waals surface area contributed by atoms with Crippen LogP contribution in [0, 0.1) is 13.8 Å². The minimum absolute atomic E-state index is 0.0161. The Morgan fingerprint density at radius 3 is 1.51 bits per heavy atom. The summed E-state index contributed by atoms with van der Waals surface area (Å²) in [6.45, 7) is 8.08. The van der Waals surface area contributed by atoms with Gasteiger partial charge in [-0.2, -0.15) is 55.1 Å². The van der Waals surface area contributed by atoms with Gasteiger partial charge in [-0.1, -0.05) is 63.3 Å². The number of allylic oxidation sites excluding steroid dienone is 6. The van der Waals surface area contributed by atoms with Gasteiger partial charge in [-0.05, 0) is 118 Å². The molecule has 0 aliphatic rings. The van der Waals surface area contributed by atoms with Gasteiger partial charge in [0.05, 0.1) is 21.3 Å². The topological polar surface area (TPSA) is 391 Å². The number of carbonyl (C=O) groups is 2. The van der Waals surface area contributed by atoms with E-state index in [4.69, 9.17) is 0 Å². The van der Waals surface area contributed by atoms with Gasteiger partial charge >= 0.3 is 0 Å². The summed E-state index contributed by atoms with van der Waals surface area (Å²) in [5, 5.41) is 5.63. The van der Waals surface area contributed by atoms with Crippen molar-refractivity contribution in [1.82, 2.24) is 10.6 Å². The van der Waals surface area contributed by atoms with Gasteiger partial charge in [-0.3, -0.25) is 36.9 Å². The number of nitrogens with one attached hydrogen (secondary N) is 2. The molecular formula is C54H75N4O20S6+. The third-order valence-corrected chi connectivity index (χ3v) is 18.7. The second kappa shape index (κ2) is 31.2. The number of rotatable bonds is 35. The highest BCUT2D eigenvalue weighted by molar-refractivity contribution is 7.87. The van der Waals surface area contributed by atoms with Crippen LogP contribution in [0.1, 0.15) is 121 Å². The molecule has 2 amide bonds. The SMILES string of the molecule is CCCCCCNC(=O)CCCCCNC(=O)CCCCCN(/C(C)=C/C=C/C=C/C(CCCS(=O)(=O)O)=[N+](CCCS(=O)(=O)O)c1ccc2c(S(=O)(=O)O)cc(S(=O)(=O)O)cc2c1C)c1ccc2c(S(=O)(=O)O)cc(S(=O)(=O)O)cc2c1C. The van der Waals surface area contributed by atoms with Crippen LogP contribution in [0.25, 0.3) is 21.5 Å². The van der Waals surface area contributed by atoms with E-state index >= 15 is 0 Å². The van der Waals surface area contributed by atoms with Crippen molar-refractivity contribution in [2.75, 3.05) is 42.6 Å². The first-order valence-electron chi connectivity index (χ1n) is 26.9. The van der Waals surface area contributed by atoms with Crippen molar-refractivity contribution in [3.05, 3.63) is 95.7 Å². The zero-order valence-corrected chi connectivity index (χ0v) is 52.0. The summed E-state index contributed by atoms with van der Waals surface area (Å²) in [4.78, 5) is 23.4. The van der Waals surface area contributed by atoms with E-state index in [0.717, 1.165) is 44.2 Å². The van der Waals surface area contributed by atoms with E-state index in [1.54, 1.807) is 38.1 Å². The van der Waals surface area contributed by atoms with Gasteiger partial charge in [0.15, 0.2) is 5.71 Å². The second-order valence-electron chi connectivity index (χ2n) is 20.1. The van der Waals surface area contributed by atoms with Crippen molar-refractivity contribution in [3.63, 3.8) is 0 Å². The molecule has 0 heterocycles. The number of fused-ring (bicyclic) bond motifs is 2. The maximum Gasteiger partial charge on any atom is 0.295 e. The quantitative estimate of drug-likeness (QED) is 0.00709. The van der Waals surface area contributed by atoms with Gasteiger partial charge in [0.1, 0.15) is 16.3 Å². The third kappa shape index (κ3) is 22.7. The Morgan fingerprint density at radius 2 is 1.01 bits per heavy atom. The lowest BCUT2D eigenvalue weighted by atomic mass is 10.0. The molecule has 4 aromatic rings. The summed E-state index contributed by atoms with van der Waals surface area (Å²) < 4.78 is 208. The van der Waals surface area contributed by atoms with Crippen LogP contribution in [0.5, 0.6) is 0 Å². The largest absolute Gasteiger partial charge is 0.356 e. The number of amides is 2. The minimum atomic E-state index is -5.10. The molecular weight excluding hydrogens is 1220 g/mol. The van der Waals surface area contributed by atoms with Crippen molar-refractivity contribution in [2.24, 2.45) is 0 Å². The van der Waals surface area contributed by atoms with Crippen LogP contribution >= 0.6 is 0 Å². The molecule has 4 rings (SSSR count). The molecule has 0 saturated carbocycles. The Bertz CT molecular complexity index is 3880. The fourth-order valence-corrected chi connectivity index (χ4v) is 13.1. The van der Waals surface area contributed by atoms with E-state index in [2.05, 4.69) is 17.6 Å². The van der Waals surface area contributed by atoms with Gasteiger partial charge < -0.3 is 15.5 Å². The standard InChI is InChI=1S/C54H74N4O20S6/c1-5-6-7-15-29-55-53(59)23-13-9-16-30-56-54(60)24-14-10-17-31-57(49-27-25-45-47(40(49)3)35-43(81(67,68)69)37-51(45)83(73,74)75)39(2)20-11-8-12-21-42(22-18-33-79(61,62)63)58(32-19-34-80(64,65)66)50-28-26-46-48(41(50)4)36-44(82(70,71)72)38-52(46)84(76,77)78/h8,11-12,20-21,25-28,35-38H,5-7,9-10,13-19,22-24,29-34H2,1-4H3,(H7-,55,56,59,60,61,62,63,64,65,66,67,68,69,70,71,72,73,74,75,76,77,78)/p+1. The zero-order valence-electron chi connectivity index (χ0n) is 47.1. The number of hydrogen-bond acceptors (Lipinski definition) is 15. The molecule has 0 unspecified atom stereocenters. The third-order valence-electron chi connectivity index (χ3n) is 13.6. The summed E-state index contributed by atoms with van der Waals surface area (Å²) >= 11 is 0. The summed E-state index contributed by atoms with van der Waals surface area (Å²) in [5.74, 6) is -1.60. The average Bonchev–Trinajstić information content (AvgIpc) is 1.04. The maximum absolute atomic E-state index is 12.8. The molecule has 0 aliphatic carbocycles. The van der Waals surface area contributed by atoms with Gasteiger partial charge in [0.25, 0.3) is 60.7 Å². The first-order chi connectivity index (χ1) is 39.0. The van der Waals surface area contributed by atoms with E-state index in [1.807, 2.05) is 4.90 Å². The molecule has 8 N–H and O–H groups in total. The van der Waals surface area contributed by atoms with E-state index in [0.29, 0.717) is 87.2 Å². The Morgan fingerprint density at radius 1 is 0.524 bits per heavy atom. The number of anilines is 1. The second-order valence-corrected chi connectivity index (χ2v) is 28.9. The highest BCUT2D eigenvalue weighted by atomic mass is 32.2. The predicted octanol–water partition coefficient (Wildman–Crippen LogP) is 8.08. The highest BCUT2D eigenvalue weighted by Gasteiger charge is 2.27. The van der Waals surface area contributed by atoms with Crippen LogP contribution < -0.4 is 15.5 Å². The lowest BCUT2D eigenvalue weighted by Crippen LogP contribution is -2.25. The number of hydrogen-bond donors (Lipinski definition) is 8. The minimum Gasteiger partial charge on any atom is -0.356 e. The van der Waals surface area contributed by atoms with Crippen molar-refractivity contribution >= 4 is 111 Å². The van der Waals surface area contributed by atoms with E-state index in [-0.39, 0.29) is 82.5 Å². The first-order valence-corrected chi connectivity index (χ1v) is 35.9. The van der Waals surface area contributed by atoms with Crippen molar-refractivity contribution in [3.8, 4) is 0 Å². The summed E-state index contributed by atoms with van der Waals surface area (Å²) in [5.41, 5.74) is 1.98.